The SMILES string of the molecule is CCC1CC2CCC(C2)N1c1cccc(Br)c1. The third kappa shape index (κ3) is 2.12. The highest BCUT2D eigenvalue weighted by Gasteiger charge is 2.39. The molecule has 2 heteroatoms. The van der Waals surface area contributed by atoms with Crippen LogP contribution in [-0.2, 0) is 0 Å². The van der Waals surface area contributed by atoms with E-state index in [-0.39, 0.29) is 0 Å². The van der Waals surface area contributed by atoms with Crippen molar-refractivity contribution < 1.29 is 0 Å². The second kappa shape index (κ2) is 4.64. The first-order valence-electron chi connectivity index (χ1n) is 6.82. The lowest BCUT2D eigenvalue weighted by Crippen LogP contribution is -2.45. The van der Waals surface area contributed by atoms with Gasteiger partial charge < -0.3 is 4.90 Å². The molecule has 3 atom stereocenters. The van der Waals surface area contributed by atoms with Crippen molar-refractivity contribution in [1.29, 1.82) is 0 Å². The monoisotopic (exact) mass is 293 g/mol. The fraction of sp³-hybridized carbons (Fsp3) is 0.600. The summed E-state index contributed by atoms with van der Waals surface area (Å²) in [6, 6.07) is 10.4. The van der Waals surface area contributed by atoms with Crippen LogP contribution >= 0.6 is 15.9 Å². The third-order valence-electron chi connectivity index (χ3n) is 4.48. The molecule has 0 aromatic heterocycles. The average Bonchev–Trinajstić information content (AvgIpc) is 2.71. The van der Waals surface area contributed by atoms with Crippen LogP contribution in [0, 0.1) is 5.92 Å². The minimum atomic E-state index is 0.760. The van der Waals surface area contributed by atoms with E-state index < -0.39 is 0 Å². The lowest BCUT2D eigenvalue weighted by Gasteiger charge is -2.42. The molecule has 1 aliphatic heterocycles. The van der Waals surface area contributed by atoms with Crippen molar-refractivity contribution in [3.05, 3.63) is 28.7 Å². The van der Waals surface area contributed by atoms with Gasteiger partial charge in [0.15, 0.2) is 0 Å². The highest BCUT2D eigenvalue weighted by molar-refractivity contribution is 9.10. The molecule has 1 aromatic rings. The molecule has 2 aliphatic rings. The summed E-state index contributed by atoms with van der Waals surface area (Å²) in [4.78, 5) is 2.70. The molecule has 2 bridgehead atoms. The molecule has 1 aromatic carbocycles. The second-order valence-electron chi connectivity index (χ2n) is 5.52. The number of nitrogens with zero attached hydrogens (tertiary/aromatic N) is 1. The van der Waals surface area contributed by atoms with Crippen molar-refractivity contribution in [3.8, 4) is 0 Å². The average molecular weight is 294 g/mol. The minimum absolute atomic E-state index is 0.760. The zero-order valence-electron chi connectivity index (χ0n) is 10.4. The van der Waals surface area contributed by atoms with E-state index in [0.717, 1.165) is 18.0 Å². The molecule has 17 heavy (non-hydrogen) atoms. The summed E-state index contributed by atoms with van der Waals surface area (Å²) in [5.41, 5.74) is 1.41. The Bertz CT molecular complexity index is 404. The Hall–Kier alpha value is -0.500. The highest BCUT2D eigenvalue weighted by Crippen LogP contribution is 2.43. The summed E-state index contributed by atoms with van der Waals surface area (Å²) in [6.45, 7) is 2.33. The first-order valence-corrected chi connectivity index (χ1v) is 7.61. The van der Waals surface area contributed by atoms with Gasteiger partial charge in [0.1, 0.15) is 0 Å². The van der Waals surface area contributed by atoms with Gasteiger partial charge in [-0.2, -0.15) is 0 Å². The smallest absolute Gasteiger partial charge is 0.0382 e. The lowest BCUT2D eigenvalue weighted by molar-refractivity contribution is 0.351. The van der Waals surface area contributed by atoms with Crippen molar-refractivity contribution in [2.24, 2.45) is 5.92 Å². The van der Waals surface area contributed by atoms with Gasteiger partial charge in [-0.05, 0) is 56.2 Å². The van der Waals surface area contributed by atoms with E-state index in [0.29, 0.717) is 0 Å². The molecule has 1 aliphatic carbocycles. The molecule has 92 valence electrons. The number of anilines is 1. The molecular weight excluding hydrogens is 274 g/mol. The van der Waals surface area contributed by atoms with Gasteiger partial charge in [-0.3, -0.25) is 0 Å². The van der Waals surface area contributed by atoms with Crippen LogP contribution < -0.4 is 4.90 Å². The van der Waals surface area contributed by atoms with E-state index in [2.05, 4.69) is 52.0 Å². The Kier molecular flexibility index (Phi) is 3.16. The van der Waals surface area contributed by atoms with Gasteiger partial charge in [0.05, 0.1) is 0 Å². The van der Waals surface area contributed by atoms with E-state index in [9.17, 15) is 0 Å². The predicted octanol–water partition coefficient (Wildman–Crippen LogP) is 4.61. The minimum Gasteiger partial charge on any atom is -0.366 e. The van der Waals surface area contributed by atoms with Crippen LogP contribution in [0.2, 0.25) is 0 Å². The van der Waals surface area contributed by atoms with Gasteiger partial charge in [0, 0.05) is 22.2 Å². The molecule has 2 fully saturated rings. The van der Waals surface area contributed by atoms with Crippen molar-refractivity contribution >= 4 is 21.6 Å². The van der Waals surface area contributed by atoms with Crippen LogP contribution in [0.5, 0.6) is 0 Å². The van der Waals surface area contributed by atoms with E-state index in [1.54, 1.807) is 0 Å². The molecule has 3 unspecified atom stereocenters. The molecule has 1 heterocycles. The largest absolute Gasteiger partial charge is 0.366 e. The van der Waals surface area contributed by atoms with Gasteiger partial charge in [-0.15, -0.1) is 0 Å². The molecule has 1 saturated heterocycles. The van der Waals surface area contributed by atoms with Gasteiger partial charge in [-0.25, -0.2) is 0 Å². The Morgan fingerprint density at radius 3 is 2.94 bits per heavy atom. The summed E-state index contributed by atoms with van der Waals surface area (Å²) in [6.07, 6.45) is 6.95. The molecule has 3 rings (SSSR count). The molecule has 0 radical (unpaired) electrons. The third-order valence-corrected chi connectivity index (χ3v) is 4.98. The quantitative estimate of drug-likeness (QED) is 0.770. The van der Waals surface area contributed by atoms with Crippen LogP contribution in [-0.4, -0.2) is 12.1 Å². The zero-order valence-corrected chi connectivity index (χ0v) is 12.0. The maximum Gasteiger partial charge on any atom is 0.0382 e. The van der Waals surface area contributed by atoms with E-state index in [4.69, 9.17) is 0 Å². The van der Waals surface area contributed by atoms with Crippen LogP contribution in [0.15, 0.2) is 28.7 Å². The molecular formula is C15H20BrN. The predicted molar refractivity (Wildman–Crippen MR) is 76.4 cm³/mol. The molecule has 1 saturated carbocycles. The Morgan fingerprint density at radius 1 is 1.29 bits per heavy atom. The molecule has 1 nitrogen and oxygen atoms in total. The van der Waals surface area contributed by atoms with Gasteiger partial charge in [0.25, 0.3) is 0 Å². The summed E-state index contributed by atoms with van der Waals surface area (Å²) in [7, 11) is 0. The van der Waals surface area contributed by atoms with Crippen molar-refractivity contribution in [2.45, 2.75) is 51.1 Å². The van der Waals surface area contributed by atoms with E-state index >= 15 is 0 Å². The second-order valence-corrected chi connectivity index (χ2v) is 6.43. The Labute approximate surface area is 112 Å². The van der Waals surface area contributed by atoms with Crippen LogP contribution in [0.1, 0.15) is 39.0 Å². The maximum atomic E-state index is 3.60. The summed E-state index contributed by atoms with van der Waals surface area (Å²) < 4.78 is 1.20. The number of halogens is 1. The standard InChI is InChI=1S/C15H20BrN/c1-2-13-8-11-6-7-15(9-11)17(13)14-5-3-4-12(16)10-14/h3-5,10-11,13,15H,2,6-9H2,1H3. The first kappa shape index (κ1) is 11.6. The Balaban J connectivity index is 1.93. The fourth-order valence-corrected chi connectivity index (χ4v) is 4.12. The van der Waals surface area contributed by atoms with Crippen LogP contribution in [0.25, 0.3) is 0 Å². The molecule has 0 amide bonds. The van der Waals surface area contributed by atoms with Gasteiger partial charge in [0.2, 0.25) is 0 Å². The Morgan fingerprint density at radius 2 is 2.18 bits per heavy atom. The summed E-state index contributed by atoms with van der Waals surface area (Å²) >= 11 is 3.60. The first-order chi connectivity index (χ1) is 8.28. The van der Waals surface area contributed by atoms with E-state index in [1.165, 1.54) is 42.3 Å². The number of piperidine rings is 1. The van der Waals surface area contributed by atoms with Crippen LogP contribution in [0.3, 0.4) is 0 Å². The van der Waals surface area contributed by atoms with E-state index in [1.807, 2.05) is 0 Å². The topological polar surface area (TPSA) is 3.24 Å². The van der Waals surface area contributed by atoms with Gasteiger partial charge in [-0.1, -0.05) is 28.9 Å². The molecule has 0 N–H and O–H groups in total. The van der Waals surface area contributed by atoms with Gasteiger partial charge >= 0.3 is 0 Å². The fourth-order valence-electron chi connectivity index (χ4n) is 3.73. The number of benzene rings is 1. The zero-order chi connectivity index (χ0) is 11.8. The number of fused-ring (bicyclic) bond motifs is 2. The molecule has 0 spiro atoms. The van der Waals surface area contributed by atoms with Crippen LogP contribution in [0.4, 0.5) is 5.69 Å². The van der Waals surface area contributed by atoms with Crippen molar-refractivity contribution in [2.75, 3.05) is 4.90 Å². The number of rotatable bonds is 2. The lowest BCUT2D eigenvalue weighted by atomic mass is 9.90. The maximum absolute atomic E-state index is 3.60. The summed E-state index contributed by atoms with van der Waals surface area (Å²) in [5.74, 6) is 1.01. The van der Waals surface area contributed by atoms with Crippen molar-refractivity contribution in [3.63, 3.8) is 0 Å². The number of hydrogen-bond donors (Lipinski definition) is 0. The number of hydrogen-bond acceptors (Lipinski definition) is 1. The normalized spacial score (nSPS) is 31.9. The summed E-state index contributed by atoms with van der Waals surface area (Å²) in [5, 5.41) is 0. The highest BCUT2D eigenvalue weighted by atomic mass is 79.9. The van der Waals surface area contributed by atoms with Crippen molar-refractivity contribution in [1.82, 2.24) is 0 Å².